The standard InChI is InChI=1S/C9H17O5P/c1-8(2)5-6-9(10)14-7-15(11,12-3)13-4/h5-6,8H,7H2,1-4H3. The molecule has 0 fully saturated rings. The lowest BCUT2D eigenvalue weighted by Gasteiger charge is -2.12. The lowest BCUT2D eigenvalue weighted by molar-refractivity contribution is -0.136. The van der Waals surface area contributed by atoms with Crippen LogP contribution in [0.25, 0.3) is 0 Å². The highest BCUT2D eigenvalue weighted by molar-refractivity contribution is 7.53. The van der Waals surface area contributed by atoms with E-state index in [0.29, 0.717) is 0 Å². The largest absolute Gasteiger partial charge is 0.450 e. The summed E-state index contributed by atoms with van der Waals surface area (Å²) in [5.74, 6) is -0.299. The van der Waals surface area contributed by atoms with Crippen molar-refractivity contribution in [1.82, 2.24) is 0 Å². The molecule has 0 aromatic carbocycles. The van der Waals surface area contributed by atoms with Gasteiger partial charge in [-0.3, -0.25) is 4.57 Å². The molecule has 0 N–H and O–H groups in total. The minimum Gasteiger partial charge on any atom is -0.450 e. The summed E-state index contributed by atoms with van der Waals surface area (Å²) in [6.07, 6.45) is 2.61. The number of hydrogen-bond acceptors (Lipinski definition) is 5. The predicted octanol–water partition coefficient (Wildman–Crippen LogP) is 2.19. The molecule has 0 heterocycles. The maximum absolute atomic E-state index is 11.4. The topological polar surface area (TPSA) is 61.8 Å². The number of ether oxygens (including phenoxy) is 1. The molecule has 0 amide bonds. The van der Waals surface area contributed by atoms with Gasteiger partial charge in [0.2, 0.25) is 0 Å². The molecule has 5 nitrogen and oxygen atoms in total. The van der Waals surface area contributed by atoms with Gasteiger partial charge in [-0.25, -0.2) is 4.79 Å². The summed E-state index contributed by atoms with van der Waals surface area (Å²) in [6, 6.07) is 0. The second kappa shape index (κ2) is 6.77. The number of hydrogen-bond donors (Lipinski definition) is 0. The molecule has 0 aliphatic rings. The number of rotatable bonds is 6. The van der Waals surface area contributed by atoms with Crippen molar-refractivity contribution in [2.75, 3.05) is 20.6 Å². The van der Waals surface area contributed by atoms with Gasteiger partial charge in [0.15, 0.2) is 6.35 Å². The summed E-state index contributed by atoms with van der Waals surface area (Å²) in [6.45, 7) is 3.86. The van der Waals surface area contributed by atoms with Gasteiger partial charge in [0.05, 0.1) is 0 Å². The number of esters is 1. The molecule has 0 aromatic heterocycles. The van der Waals surface area contributed by atoms with E-state index in [2.05, 4.69) is 9.05 Å². The Kier molecular flexibility index (Phi) is 6.48. The Labute approximate surface area is 89.9 Å². The number of carbonyl (C=O) groups excluding carboxylic acids is 1. The van der Waals surface area contributed by atoms with Crippen LogP contribution in [0.5, 0.6) is 0 Å². The van der Waals surface area contributed by atoms with Crippen molar-refractivity contribution in [1.29, 1.82) is 0 Å². The van der Waals surface area contributed by atoms with Gasteiger partial charge >= 0.3 is 13.6 Å². The molecular weight excluding hydrogens is 219 g/mol. The average Bonchev–Trinajstić information content (AvgIpc) is 2.23. The van der Waals surface area contributed by atoms with Gasteiger partial charge in [0.1, 0.15) is 0 Å². The van der Waals surface area contributed by atoms with Crippen molar-refractivity contribution in [3.63, 3.8) is 0 Å². The highest BCUT2D eigenvalue weighted by atomic mass is 31.2. The van der Waals surface area contributed by atoms with E-state index in [0.717, 1.165) is 0 Å². The quantitative estimate of drug-likeness (QED) is 0.402. The molecule has 0 unspecified atom stereocenters. The predicted molar refractivity (Wildman–Crippen MR) is 56.6 cm³/mol. The average molecular weight is 236 g/mol. The third-order valence-corrected chi connectivity index (χ3v) is 3.10. The van der Waals surface area contributed by atoms with Crippen LogP contribution in [-0.4, -0.2) is 26.5 Å². The first kappa shape index (κ1) is 14.4. The van der Waals surface area contributed by atoms with E-state index in [9.17, 15) is 9.36 Å². The van der Waals surface area contributed by atoms with Crippen molar-refractivity contribution >= 4 is 13.6 Å². The molecule has 88 valence electrons. The second-order valence-corrected chi connectivity index (χ2v) is 5.38. The van der Waals surface area contributed by atoms with E-state index in [-0.39, 0.29) is 12.3 Å². The highest BCUT2D eigenvalue weighted by Gasteiger charge is 2.22. The van der Waals surface area contributed by atoms with Gasteiger partial charge in [-0.1, -0.05) is 19.9 Å². The summed E-state index contributed by atoms with van der Waals surface area (Å²) >= 11 is 0. The molecule has 0 aromatic rings. The maximum atomic E-state index is 11.4. The van der Waals surface area contributed by atoms with E-state index in [1.807, 2.05) is 13.8 Å². The molecule has 0 radical (unpaired) electrons. The minimum absolute atomic E-state index is 0.259. The molecule has 0 saturated carbocycles. The molecule has 15 heavy (non-hydrogen) atoms. The Morgan fingerprint density at radius 3 is 2.27 bits per heavy atom. The van der Waals surface area contributed by atoms with Gasteiger partial charge in [0, 0.05) is 20.3 Å². The Balaban J connectivity index is 4.06. The number of allylic oxidation sites excluding steroid dienone is 1. The summed E-state index contributed by atoms with van der Waals surface area (Å²) in [5.41, 5.74) is 0. The molecule has 0 spiro atoms. The Morgan fingerprint density at radius 1 is 1.33 bits per heavy atom. The van der Waals surface area contributed by atoms with Crippen LogP contribution < -0.4 is 0 Å². The van der Waals surface area contributed by atoms with Crippen LogP contribution in [-0.2, 0) is 23.1 Å². The van der Waals surface area contributed by atoms with Gasteiger partial charge in [-0.05, 0) is 5.92 Å². The first-order valence-electron chi connectivity index (χ1n) is 4.49. The van der Waals surface area contributed by atoms with Crippen LogP contribution in [0.3, 0.4) is 0 Å². The summed E-state index contributed by atoms with van der Waals surface area (Å²) < 4.78 is 25.3. The molecular formula is C9H17O5P. The summed E-state index contributed by atoms with van der Waals surface area (Å²) in [4.78, 5) is 11.1. The van der Waals surface area contributed by atoms with Crippen molar-refractivity contribution in [3.05, 3.63) is 12.2 Å². The van der Waals surface area contributed by atoms with Crippen molar-refractivity contribution in [3.8, 4) is 0 Å². The van der Waals surface area contributed by atoms with E-state index in [4.69, 9.17) is 4.74 Å². The van der Waals surface area contributed by atoms with E-state index in [1.165, 1.54) is 20.3 Å². The summed E-state index contributed by atoms with van der Waals surface area (Å²) in [5, 5.41) is 0. The fraction of sp³-hybridized carbons (Fsp3) is 0.667. The third kappa shape index (κ3) is 6.44. The number of carbonyl (C=O) groups is 1. The lowest BCUT2D eigenvalue weighted by atomic mass is 10.2. The fourth-order valence-electron chi connectivity index (χ4n) is 0.642. The smallest absolute Gasteiger partial charge is 0.367 e. The SMILES string of the molecule is COP(=O)(COC(=O)C=CC(C)C)OC. The molecule has 0 aliphatic heterocycles. The van der Waals surface area contributed by atoms with E-state index in [1.54, 1.807) is 6.08 Å². The first-order valence-corrected chi connectivity index (χ1v) is 6.22. The molecule has 0 atom stereocenters. The van der Waals surface area contributed by atoms with Gasteiger partial charge in [-0.2, -0.15) is 0 Å². The zero-order valence-corrected chi connectivity index (χ0v) is 10.3. The zero-order valence-electron chi connectivity index (χ0n) is 9.43. The monoisotopic (exact) mass is 236 g/mol. The Morgan fingerprint density at radius 2 is 1.87 bits per heavy atom. The van der Waals surface area contributed by atoms with Gasteiger partial charge in [-0.15, -0.1) is 0 Å². The highest BCUT2D eigenvalue weighted by Crippen LogP contribution is 2.45. The molecule has 0 bridgehead atoms. The van der Waals surface area contributed by atoms with E-state index >= 15 is 0 Å². The summed E-state index contributed by atoms with van der Waals surface area (Å²) in [7, 11) is -0.783. The van der Waals surface area contributed by atoms with Gasteiger partial charge < -0.3 is 13.8 Å². The van der Waals surface area contributed by atoms with Crippen molar-refractivity contribution in [2.24, 2.45) is 5.92 Å². The fourth-order valence-corrected chi connectivity index (χ4v) is 1.29. The molecule has 0 rings (SSSR count). The second-order valence-electron chi connectivity index (χ2n) is 3.17. The van der Waals surface area contributed by atoms with Crippen molar-refractivity contribution in [2.45, 2.75) is 13.8 Å². The van der Waals surface area contributed by atoms with Crippen LogP contribution in [0.1, 0.15) is 13.8 Å². The van der Waals surface area contributed by atoms with Crippen molar-refractivity contribution < 1.29 is 23.1 Å². The van der Waals surface area contributed by atoms with Crippen LogP contribution in [0, 0.1) is 5.92 Å². The molecule has 0 aliphatic carbocycles. The maximum Gasteiger partial charge on any atom is 0.367 e. The zero-order chi connectivity index (χ0) is 11.9. The van der Waals surface area contributed by atoms with Crippen LogP contribution in [0.4, 0.5) is 0 Å². The lowest BCUT2D eigenvalue weighted by Crippen LogP contribution is -2.05. The normalized spacial score (nSPS) is 12.3. The first-order chi connectivity index (χ1) is 6.93. The van der Waals surface area contributed by atoms with Crippen LogP contribution in [0.2, 0.25) is 0 Å². The minimum atomic E-state index is -3.26. The third-order valence-electron chi connectivity index (χ3n) is 1.54. The molecule has 0 saturated heterocycles. The van der Waals surface area contributed by atoms with E-state index < -0.39 is 13.6 Å². The Hall–Kier alpha value is -0.640. The molecule has 6 heteroatoms. The van der Waals surface area contributed by atoms with Crippen LogP contribution in [0.15, 0.2) is 12.2 Å². The Bertz CT molecular complexity index is 264. The van der Waals surface area contributed by atoms with Gasteiger partial charge in [0.25, 0.3) is 0 Å². The van der Waals surface area contributed by atoms with Crippen LogP contribution >= 0.6 is 7.60 Å².